The summed E-state index contributed by atoms with van der Waals surface area (Å²) in [4.78, 5) is 29.0. The Bertz CT molecular complexity index is 1350. The molecule has 4 aromatic rings. The first-order chi connectivity index (χ1) is 15.5. The van der Waals surface area contributed by atoms with Crippen molar-refractivity contribution in [2.75, 3.05) is 11.1 Å². The minimum absolute atomic E-state index is 0.197. The van der Waals surface area contributed by atoms with Gasteiger partial charge in [0.25, 0.3) is 11.5 Å². The predicted octanol–water partition coefficient (Wildman–Crippen LogP) is 4.42. The van der Waals surface area contributed by atoms with Gasteiger partial charge in [-0.2, -0.15) is 0 Å². The fraction of sp³-hybridized carbons (Fsp3) is 0.125. The van der Waals surface area contributed by atoms with Gasteiger partial charge < -0.3 is 15.8 Å². The van der Waals surface area contributed by atoms with Gasteiger partial charge in [0, 0.05) is 29.5 Å². The van der Waals surface area contributed by atoms with Crippen molar-refractivity contribution in [2.24, 2.45) is 0 Å². The molecule has 1 unspecified atom stereocenters. The monoisotopic (exact) mass is 448 g/mol. The zero-order valence-corrected chi connectivity index (χ0v) is 18.0. The second-order valence-electron chi connectivity index (χ2n) is 7.16. The Morgan fingerprint density at radius 1 is 1.19 bits per heavy atom. The molecule has 0 radical (unpaired) electrons. The number of carbonyl (C=O) groups excluding carboxylic acids is 1. The van der Waals surface area contributed by atoms with Crippen molar-refractivity contribution in [1.82, 2.24) is 9.55 Å². The summed E-state index contributed by atoms with van der Waals surface area (Å²) >= 11 is 6.37. The van der Waals surface area contributed by atoms with E-state index >= 15 is 0 Å². The fourth-order valence-corrected chi connectivity index (χ4v) is 3.63. The van der Waals surface area contributed by atoms with Crippen LogP contribution in [0.25, 0.3) is 16.5 Å². The molecule has 32 heavy (non-hydrogen) atoms. The number of ether oxygens (including phenoxy) is 1. The van der Waals surface area contributed by atoms with Gasteiger partial charge in [0.2, 0.25) is 0 Å². The number of nitrogens with two attached hydrogens (primary N) is 1. The van der Waals surface area contributed by atoms with Crippen molar-refractivity contribution in [3.63, 3.8) is 0 Å². The molecule has 0 aliphatic rings. The molecule has 0 spiro atoms. The van der Waals surface area contributed by atoms with E-state index in [1.54, 1.807) is 54.9 Å². The van der Waals surface area contributed by atoms with Crippen LogP contribution in [0.2, 0.25) is 5.02 Å². The number of rotatable bonds is 6. The summed E-state index contributed by atoms with van der Waals surface area (Å²) < 4.78 is 7.36. The second kappa shape index (κ2) is 9.11. The van der Waals surface area contributed by atoms with E-state index in [1.165, 1.54) is 10.6 Å². The van der Waals surface area contributed by atoms with Gasteiger partial charge in [-0.25, -0.2) is 4.98 Å². The summed E-state index contributed by atoms with van der Waals surface area (Å²) in [6, 6.07) is 17.1. The molecule has 0 aliphatic heterocycles. The Morgan fingerprint density at radius 2 is 2.03 bits per heavy atom. The number of halogens is 1. The van der Waals surface area contributed by atoms with E-state index in [-0.39, 0.29) is 11.5 Å². The summed E-state index contributed by atoms with van der Waals surface area (Å²) in [5.74, 6) is 0.612. The Hall–Kier alpha value is -3.84. The number of pyridine rings is 2. The lowest BCUT2D eigenvalue weighted by atomic mass is 10.1. The maximum absolute atomic E-state index is 12.8. The molecule has 4 rings (SSSR count). The highest BCUT2D eigenvalue weighted by molar-refractivity contribution is 6.32. The van der Waals surface area contributed by atoms with Crippen molar-refractivity contribution in [3.8, 4) is 11.4 Å². The van der Waals surface area contributed by atoms with Crippen molar-refractivity contribution in [1.29, 1.82) is 0 Å². The van der Waals surface area contributed by atoms with Crippen LogP contribution in [0, 0.1) is 0 Å². The van der Waals surface area contributed by atoms with Crippen molar-refractivity contribution in [3.05, 3.63) is 88.4 Å². The molecule has 7 nitrogen and oxygen atoms in total. The fourth-order valence-electron chi connectivity index (χ4n) is 3.36. The molecule has 2 heterocycles. The molecule has 0 bridgehead atoms. The van der Waals surface area contributed by atoms with Gasteiger partial charge in [0.05, 0.1) is 10.7 Å². The summed E-state index contributed by atoms with van der Waals surface area (Å²) in [5.41, 5.74) is 6.78. The molecule has 2 aromatic carbocycles. The van der Waals surface area contributed by atoms with Gasteiger partial charge in [0.1, 0.15) is 11.6 Å². The molecule has 0 fully saturated rings. The number of amides is 1. The third-order valence-corrected chi connectivity index (χ3v) is 5.31. The van der Waals surface area contributed by atoms with Gasteiger partial charge in [-0.3, -0.25) is 14.2 Å². The van der Waals surface area contributed by atoms with Crippen LogP contribution in [0.5, 0.6) is 5.75 Å². The van der Waals surface area contributed by atoms with Gasteiger partial charge in [0.15, 0.2) is 6.10 Å². The zero-order chi connectivity index (χ0) is 22.7. The molecular formula is C24H21ClN4O3. The minimum Gasteiger partial charge on any atom is -0.481 e. The number of hydrogen-bond donors (Lipinski definition) is 2. The predicted molar refractivity (Wildman–Crippen MR) is 127 cm³/mol. The lowest BCUT2D eigenvalue weighted by Crippen LogP contribution is -2.32. The Labute approximate surface area is 189 Å². The molecule has 3 N–H and O–H groups in total. The normalized spacial score (nSPS) is 11.8. The van der Waals surface area contributed by atoms with Crippen LogP contribution >= 0.6 is 11.6 Å². The highest BCUT2D eigenvalue weighted by Gasteiger charge is 2.19. The average Bonchev–Trinajstić information content (AvgIpc) is 2.78. The van der Waals surface area contributed by atoms with E-state index < -0.39 is 6.10 Å². The van der Waals surface area contributed by atoms with E-state index in [0.717, 1.165) is 10.8 Å². The first kappa shape index (κ1) is 21.4. The van der Waals surface area contributed by atoms with Gasteiger partial charge >= 0.3 is 0 Å². The third-order valence-electron chi connectivity index (χ3n) is 5.01. The van der Waals surface area contributed by atoms with Crippen LogP contribution in [0.3, 0.4) is 0 Å². The number of nitrogen functional groups attached to an aromatic ring is 1. The summed E-state index contributed by atoms with van der Waals surface area (Å²) in [7, 11) is 0. The van der Waals surface area contributed by atoms with Crippen LogP contribution in [-0.4, -0.2) is 21.6 Å². The van der Waals surface area contributed by atoms with E-state index in [4.69, 9.17) is 22.1 Å². The number of benzene rings is 2. The summed E-state index contributed by atoms with van der Waals surface area (Å²) in [6.07, 6.45) is 3.01. The highest BCUT2D eigenvalue weighted by atomic mass is 35.5. The maximum atomic E-state index is 12.8. The highest BCUT2D eigenvalue weighted by Crippen LogP contribution is 2.26. The van der Waals surface area contributed by atoms with Gasteiger partial charge in [-0.05, 0) is 54.3 Å². The molecular weight excluding hydrogens is 428 g/mol. The maximum Gasteiger partial charge on any atom is 0.265 e. The molecule has 2 aromatic heterocycles. The first-order valence-corrected chi connectivity index (χ1v) is 10.4. The van der Waals surface area contributed by atoms with E-state index in [9.17, 15) is 9.59 Å². The van der Waals surface area contributed by atoms with Crippen molar-refractivity contribution >= 4 is 39.8 Å². The van der Waals surface area contributed by atoms with Crippen molar-refractivity contribution < 1.29 is 9.53 Å². The lowest BCUT2D eigenvalue weighted by molar-refractivity contribution is -0.122. The molecule has 1 amide bonds. The summed E-state index contributed by atoms with van der Waals surface area (Å²) in [5, 5.41) is 4.86. The molecule has 0 saturated carbocycles. The molecule has 1 atom stereocenters. The number of carbonyl (C=O) groups is 1. The van der Waals surface area contributed by atoms with E-state index in [0.29, 0.717) is 34.4 Å². The number of anilines is 2. The minimum atomic E-state index is -0.722. The number of aromatic nitrogens is 2. The molecule has 0 aliphatic carbocycles. The SMILES string of the molecule is CCC(Oc1ccc2ccnc(N)c2c1)C(=O)Nc1ccc(-n2ccccc2=O)c(Cl)c1. The number of fused-ring (bicyclic) bond motifs is 1. The topological polar surface area (TPSA) is 99.2 Å². The Balaban J connectivity index is 1.51. The van der Waals surface area contributed by atoms with Crippen LogP contribution < -0.4 is 21.3 Å². The van der Waals surface area contributed by atoms with E-state index in [2.05, 4.69) is 10.3 Å². The quantitative estimate of drug-likeness (QED) is 0.455. The third kappa shape index (κ3) is 4.43. The second-order valence-corrected chi connectivity index (χ2v) is 7.57. The number of nitrogens with one attached hydrogen (secondary N) is 1. The lowest BCUT2D eigenvalue weighted by Gasteiger charge is -2.18. The summed E-state index contributed by atoms with van der Waals surface area (Å²) in [6.45, 7) is 1.86. The smallest absolute Gasteiger partial charge is 0.265 e. The Kier molecular flexibility index (Phi) is 6.09. The van der Waals surface area contributed by atoms with Crippen LogP contribution in [0.15, 0.2) is 77.9 Å². The standard InChI is InChI=1S/C24H21ClN4O3/c1-2-21(32-17-8-6-15-10-11-27-23(26)18(15)14-17)24(31)28-16-7-9-20(19(25)13-16)29-12-4-3-5-22(29)30/h3-14,21H,2H2,1H3,(H2,26,27)(H,28,31). The number of hydrogen-bond acceptors (Lipinski definition) is 5. The molecule has 8 heteroatoms. The average molecular weight is 449 g/mol. The van der Waals surface area contributed by atoms with E-state index in [1.807, 2.05) is 19.1 Å². The number of nitrogens with zero attached hydrogens (tertiary/aromatic N) is 2. The molecule has 0 saturated heterocycles. The zero-order valence-electron chi connectivity index (χ0n) is 17.3. The first-order valence-electron chi connectivity index (χ1n) is 10.1. The van der Waals surface area contributed by atoms with Crippen molar-refractivity contribution in [2.45, 2.75) is 19.4 Å². The molecule has 162 valence electrons. The largest absolute Gasteiger partial charge is 0.481 e. The van der Waals surface area contributed by atoms with Gasteiger partial charge in [-0.15, -0.1) is 0 Å². The van der Waals surface area contributed by atoms with Crippen LogP contribution in [-0.2, 0) is 4.79 Å². The van der Waals surface area contributed by atoms with Crippen LogP contribution in [0.1, 0.15) is 13.3 Å². The van der Waals surface area contributed by atoms with Crippen LogP contribution in [0.4, 0.5) is 11.5 Å². The van der Waals surface area contributed by atoms with Gasteiger partial charge in [-0.1, -0.05) is 30.7 Å². The Morgan fingerprint density at radius 3 is 2.78 bits per heavy atom.